The highest BCUT2D eigenvalue weighted by molar-refractivity contribution is 5.96. The minimum absolute atomic E-state index is 0.149. The maximum Gasteiger partial charge on any atom is 0.162 e. The number of ether oxygens (including phenoxy) is 1. The normalized spacial score (nSPS) is 10.6. The summed E-state index contributed by atoms with van der Waals surface area (Å²) in [5, 5.41) is 3.27. The molecule has 0 bridgehead atoms. The van der Waals surface area contributed by atoms with Gasteiger partial charge in [-0.1, -0.05) is 32.9 Å². The zero-order valence-corrected chi connectivity index (χ0v) is 10.8. The molecule has 0 heterocycles. The first-order valence-corrected chi connectivity index (χ1v) is 6.13. The Morgan fingerprint density at radius 1 is 1.41 bits per heavy atom. The van der Waals surface area contributed by atoms with Crippen LogP contribution in [0.4, 0.5) is 0 Å². The van der Waals surface area contributed by atoms with E-state index in [1.807, 2.05) is 25.1 Å². The van der Waals surface area contributed by atoms with Crippen LogP contribution in [0.1, 0.15) is 37.6 Å². The molecule has 94 valence electrons. The summed E-state index contributed by atoms with van der Waals surface area (Å²) in [7, 11) is 0. The summed E-state index contributed by atoms with van der Waals surface area (Å²) in [6, 6.07) is 7.83. The molecule has 0 saturated heterocycles. The highest BCUT2D eigenvalue weighted by atomic mass is 16.5. The molecule has 0 saturated carbocycles. The molecule has 1 rings (SSSR count). The molecule has 0 amide bonds. The van der Waals surface area contributed by atoms with E-state index in [2.05, 4.69) is 19.2 Å². The smallest absolute Gasteiger partial charge is 0.162 e. The molecule has 0 aliphatic heterocycles. The maximum atomic E-state index is 11.5. The molecule has 0 spiro atoms. The average Bonchev–Trinajstić information content (AvgIpc) is 2.34. The first-order valence-electron chi connectivity index (χ1n) is 6.13. The molecule has 0 aromatic heterocycles. The fourth-order valence-corrected chi connectivity index (χ4v) is 1.48. The van der Waals surface area contributed by atoms with E-state index >= 15 is 0 Å². The maximum absolute atomic E-state index is 11.5. The van der Waals surface area contributed by atoms with Gasteiger partial charge in [0, 0.05) is 24.6 Å². The van der Waals surface area contributed by atoms with Gasteiger partial charge in [0.25, 0.3) is 0 Å². The van der Waals surface area contributed by atoms with Crippen molar-refractivity contribution in [2.75, 3.05) is 13.2 Å². The van der Waals surface area contributed by atoms with Crippen molar-refractivity contribution < 1.29 is 9.53 Å². The Hall–Kier alpha value is -1.35. The first-order chi connectivity index (χ1) is 8.13. The van der Waals surface area contributed by atoms with E-state index in [0.29, 0.717) is 19.1 Å². The van der Waals surface area contributed by atoms with Crippen molar-refractivity contribution in [3.8, 4) is 5.75 Å². The van der Waals surface area contributed by atoms with Gasteiger partial charge in [-0.25, -0.2) is 0 Å². The van der Waals surface area contributed by atoms with Crippen LogP contribution >= 0.6 is 0 Å². The van der Waals surface area contributed by atoms with Gasteiger partial charge in [-0.15, -0.1) is 0 Å². The van der Waals surface area contributed by atoms with Crippen molar-refractivity contribution in [1.82, 2.24) is 5.32 Å². The van der Waals surface area contributed by atoms with Crippen molar-refractivity contribution in [2.24, 2.45) is 0 Å². The van der Waals surface area contributed by atoms with Crippen LogP contribution in [0.3, 0.4) is 0 Å². The fraction of sp³-hybridized carbons (Fsp3) is 0.500. The Labute approximate surface area is 103 Å². The van der Waals surface area contributed by atoms with Gasteiger partial charge in [-0.3, -0.25) is 4.79 Å². The molecule has 1 aromatic rings. The van der Waals surface area contributed by atoms with Crippen molar-refractivity contribution in [3.05, 3.63) is 29.8 Å². The zero-order chi connectivity index (χ0) is 12.7. The molecule has 0 radical (unpaired) electrons. The quantitative estimate of drug-likeness (QED) is 0.583. The summed E-state index contributed by atoms with van der Waals surface area (Å²) in [4.78, 5) is 11.5. The monoisotopic (exact) mass is 235 g/mol. The highest BCUT2D eigenvalue weighted by Gasteiger charge is 2.04. The van der Waals surface area contributed by atoms with Crippen LogP contribution in [0.15, 0.2) is 24.3 Å². The van der Waals surface area contributed by atoms with Crippen molar-refractivity contribution in [2.45, 2.75) is 33.2 Å². The summed E-state index contributed by atoms with van der Waals surface area (Å²) in [5.74, 6) is 0.908. The molecular weight excluding hydrogens is 214 g/mol. The Bertz CT molecular complexity index is 361. The molecule has 17 heavy (non-hydrogen) atoms. The number of rotatable bonds is 7. The molecule has 3 heteroatoms. The second-order valence-electron chi connectivity index (χ2n) is 4.26. The van der Waals surface area contributed by atoms with Gasteiger partial charge in [0.15, 0.2) is 5.78 Å². The topological polar surface area (TPSA) is 38.3 Å². The largest absolute Gasteiger partial charge is 0.492 e. The predicted octanol–water partition coefficient (Wildman–Crippen LogP) is 2.66. The van der Waals surface area contributed by atoms with Crippen LogP contribution in [-0.4, -0.2) is 25.0 Å². The number of nitrogens with one attached hydrogen (secondary N) is 1. The van der Waals surface area contributed by atoms with Gasteiger partial charge in [0.1, 0.15) is 12.4 Å². The van der Waals surface area contributed by atoms with E-state index in [4.69, 9.17) is 4.74 Å². The van der Waals surface area contributed by atoms with Crippen LogP contribution < -0.4 is 10.1 Å². The third-order valence-corrected chi connectivity index (χ3v) is 2.40. The molecular formula is C14H21NO2. The highest BCUT2D eigenvalue weighted by Crippen LogP contribution is 2.14. The van der Waals surface area contributed by atoms with Crippen molar-refractivity contribution >= 4 is 5.78 Å². The number of Topliss-reactive ketones (excluding diaryl/α,β-unsaturated/α-hetero) is 1. The first kappa shape index (κ1) is 13.7. The van der Waals surface area contributed by atoms with Gasteiger partial charge >= 0.3 is 0 Å². The number of hydrogen-bond donors (Lipinski definition) is 1. The van der Waals surface area contributed by atoms with E-state index < -0.39 is 0 Å². The van der Waals surface area contributed by atoms with Crippen LogP contribution in [0.25, 0.3) is 0 Å². The van der Waals surface area contributed by atoms with Gasteiger partial charge in [0.05, 0.1) is 0 Å². The Kier molecular flexibility index (Phi) is 5.70. The zero-order valence-electron chi connectivity index (χ0n) is 10.8. The molecule has 1 aromatic carbocycles. The van der Waals surface area contributed by atoms with Crippen LogP contribution in [0.5, 0.6) is 5.75 Å². The number of carbonyl (C=O) groups is 1. The summed E-state index contributed by atoms with van der Waals surface area (Å²) >= 11 is 0. The minimum Gasteiger partial charge on any atom is -0.492 e. The van der Waals surface area contributed by atoms with Crippen LogP contribution in [0, 0.1) is 0 Å². The summed E-state index contributed by atoms with van der Waals surface area (Å²) < 4.78 is 5.58. The predicted molar refractivity (Wildman–Crippen MR) is 69.7 cm³/mol. The minimum atomic E-state index is 0.149. The molecule has 0 fully saturated rings. The van der Waals surface area contributed by atoms with Gasteiger partial charge in [0.2, 0.25) is 0 Å². The second-order valence-corrected chi connectivity index (χ2v) is 4.26. The average molecular weight is 235 g/mol. The summed E-state index contributed by atoms with van der Waals surface area (Å²) in [6.45, 7) is 7.48. The Morgan fingerprint density at radius 3 is 2.82 bits per heavy atom. The summed E-state index contributed by atoms with van der Waals surface area (Å²) in [6.07, 6.45) is 0.526. The molecule has 3 nitrogen and oxygen atoms in total. The Balaban J connectivity index is 2.46. The number of hydrogen-bond acceptors (Lipinski definition) is 3. The number of carbonyl (C=O) groups excluding carboxylic acids is 1. The lowest BCUT2D eigenvalue weighted by Crippen LogP contribution is -2.27. The molecule has 0 atom stereocenters. The van der Waals surface area contributed by atoms with Crippen molar-refractivity contribution in [3.63, 3.8) is 0 Å². The molecule has 0 unspecified atom stereocenters. The van der Waals surface area contributed by atoms with Crippen LogP contribution in [0.2, 0.25) is 0 Å². The van der Waals surface area contributed by atoms with E-state index in [1.54, 1.807) is 6.07 Å². The SMILES string of the molecule is CCC(=O)c1cccc(OCCNC(C)C)c1. The second kappa shape index (κ2) is 7.07. The van der Waals surface area contributed by atoms with E-state index in [-0.39, 0.29) is 5.78 Å². The lowest BCUT2D eigenvalue weighted by Gasteiger charge is -2.10. The van der Waals surface area contributed by atoms with Gasteiger partial charge < -0.3 is 10.1 Å². The standard InChI is InChI=1S/C14H21NO2/c1-4-14(16)12-6-5-7-13(10-12)17-9-8-15-11(2)3/h5-7,10-11,15H,4,8-9H2,1-3H3. The molecule has 1 N–H and O–H groups in total. The third kappa shape index (κ3) is 5.00. The molecule has 0 aliphatic rings. The van der Waals surface area contributed by atoms with E-state index in [9.17, 15) is 4.79 Å². The molecule has 0 aliphatic carbocycles. The van der Waals surface area contributed by atoms with Gasteiger partial charge in [-0.05, 0) is 12.1 Å². The lowest BCUT2D eigenvalue weighted by atomic mass is 10.1. The van der Waals surface area contributed by atoms with Gasteiger partial charge in [-0.2, -0.15) is 0 Å². The summed E-state index contributed by atoms with van der Waals surface area (Å²) in [5.41, 5.74) is 0.724. The third-order valence-electron chi connectivity index (χ3n) is 2.40. The Morgan fingerprint density at radius 2 is 2.18 bits per heavy atom. The van der Waals surface area contributed by atoms with E-state index in [1.165, 1.54) is 0 Å². The number of ketones is 1. The van der Waals surface area contributed by atoms with Crippen molar-refractivity contribution in [1.29, 1.82) is 0 Å². The fourth-order valence-electron chi connectivity index (χ4n) is 1.48. The van der Waals surface area contributed by atoms with E-state index in [0.717, 1.165) is 17.9 Å². The number of benzene rings is 1. The lowest BCUT2D eigenvalue weighted by molar-refractivity contribution is 0.0987. The van der Waals surface area contributed by atoms with Crippen LogP contribution in [-0.2, 0) is 0 Å².